The standard InChI is InChI=1S/C16H20N4O2S/c1-2-15(21)14-9-12-10-19(7-8-20(12)18-14)16(22)11-23-13-3-5-17-6-4-13/h3-6,9,15,21H,2,7-8,10-11H2,1H3. The number of pyridine rings is 1. The minimum atomic E-state index is -0.528. The number of hydrogen-bond donors (Lipinski definition) is 1. The smallest absolute Gasteiger partial charge is 0.233 e. The van der Waals surface area contributed by atoms with Gasteiger partial charge < -0.3 is 10.0 Å². The highest BCUT2D eigenvalue weighted by Crippen LogP contribution is 2.22. The maximum absolute atomic E-state index is 12.4. The van der Waals surface area contributed by atoms with E-state index in [1.54, 1.807) is 12.4 Å². The molecule has 1 N–H and O–H groups in total. The molecule has 1 aliphatic rings. The van der Waals surface area contributed by atoms with Gasteiger partial charge in [0.25, 0.3) is 0 Å². The number of fused-ring (bicyclic) bond motifs is 1. The Labute approximate surface area is 139 Å². The summed E-state index contributed by atoms with van der Waals surface area (Å²) in [7, 11) is 0. The van der Waals surface area contributed by atoms with Crippen LogP contribution in [0.2, 0.25) is 0 Å². The lowest BCUT2D eigenvalue weighted by atomic mass is 10.2. The van der Waals surface area contributed by atoms with Crippen molar-refractivity contribution in [2.45, 2.75) is 37.4 Å². The number of hydrogen-bond acceptors (Lipinski definition) is 5. The van der Waals surface area contributed by atoms with Crippen LogP contribution in [0.15, 0.2) is 35.5 Å². The fraction of sp³-hybridized carbons (Fsp3) is 0.438. The largest absolute Gasteiger partial charge is 0.387 e. The van der Waals surface area contributed by atoms with Gasteiger partial charge in [0.2, 0.25) is 5.91 Å². The van der Waals surface area contributed by atoms with Crippen molar-refractivity contribution >= 4 is 17.7 Å². The highest BCUT2D eigenvalue weighted by molar-refractivity contribution is 8.00. The third kappa shape index (κ3) is 3.73. The number of nitrogens with zero attached hydrogens (tertiary/aromatic N) is 4. The molecular formula is C16H20N4O2S. The van der Waals surface area contributed by atoms with Crippen LogP contribution in [0.4, 0.5) is 0 Å². The van der Waals surface area contributed by atoms with Gasteiger partial charge in [0.05, 0.1) is 36.3 Å². The summed E-state index contributed by atoms with van der Waals surface area (Å²) >= 11 is 1.52. The molecule has 1 unspecified atom stereocenters. The first-order valence-corrected chi connectivity index (χ1v) is 8.71. The Hall–Kier alpha value is -1.86. The van der Waals surface area contributed by atoms with E-state index in [9.17, 15) is 9.90 Å². The lowest BCUT2D eigenvalue weighted by molar-refractivity contribution is -0.129. The second kappa shape index (κ2) is 7.14. The van der Waals surface area contributed by atoms with Crippen LogP contribution in [0, 0.1) is 0 Å². The van der Waals surface area contributed by atoms with E-state index in [1.807, 2.05) is 34.7 Å². The van der Waals surface area contributed by atoms with Crippen molar-refractivity contribution < 1.29 is 9.90 Å². The number of carbonyl (C=O) groups is 1. The molecule has 6 nitrogen and oxygen atoms in total. The molecule has 1 aliphatic heterocycles. The summed E-state index contributed by atoms with van der Waals surface area (Å²) < 4.78 is 1.90. The number of aliphatic hydroxyl groups excluding tert-OH is 1. The first-order valence-electron chi connectivity index (χ1n) is 7.72. The van der Waals surface area contributed by atoms with E-state index >= 15 is 0 Å². The summed E-state index contributed by atoms with van der Waals surface area (Å²) in [5.41, 5.74) is 1.68. The molecule has 23 heavy (non-hydrogen) atoms. The van der Waals surface area contributed by atoms with Crippen molar-refractivity contribution in [3.05, 3.63) is 42.0 Å². The van der Waals surface area contributed by atoms with Gasteiger partial charge in [-0.25, -0.2) is 0 Å². The lowest BCUT2D eigenvalue weighted by Gasteiger charge is -2.27. The van der Waals surface area contributed by atoms with Gasteiger partial charge in [-0.1, -0.05) is 6.92 Å². The fourth-order valence-corrected chi connectivity index (χ4v) is 3.33. The minimum absolute atomic E-state index is 0.122. The molecule has 1 amide bonds. The number of aromatic nitrogens is 3. The highest BCUT2D eigenvalue weighted by Gasteiger charge is 2.23. The SMILES string of the molecule is CCC(O)c1cc2n(n1)CCN(C(=O)CSc1ccncc1)C2. The van der Waals surface area contributed by atoms with E-state index in [0.29, 0.717) is 37.5 Å². The Balaban J connectivity index is 1.60. The van der Waals surface area contributed by atoms with Crippen LogP contribution in [-0.2, 0) is 17.9 Å². The van der Waals surface area contributed by atoms with Crippen LogP contribution in [0.25, 0.3) is 0 Å². The van der Waals surface area contributed by atoms with Crippen molar-refractivity contribution in [1.29, 1.82) is 0 Å². The highest BCUT2D eigenvalue weighted by atomic mass is 32.2. The summed E-state index contributed by atoms with van der Waals surface area (Å²) in [6, 6.07) is 5.72. The van der Waals surface area contributed by atoms with E-state index in [4.69, 9.17) is 0 Å². The second-order valence-corrected chi connectivity index (χ2v) is 6.54. The van der Waals surface area contributed by atoms with Gasteiger partial charge in [-0.05, 0) is 24.6 Å². The molecule has 0 aliphatic carbocycles. The Morgan fingerprint density at radius 1 is 1.39 bits per heavy atom. The van der Waals surface area contributed by atoms with Crippen LogP contribution in [0.1, 0.15) is 30.8 Å². The Bertz CT molecular complexity index is 674. The van der Waals surface area contributed by atoms with E-state index in [0.717, 1.165) is 10.6 Å². The second-order valence-electron chi connectivity index (χ2n) is 5.49. The summed E-state index contributed by atoms with van der Waals surface area (Å²) in [6.07, 6.45) is 3.57. The van der Waals surface area contributed by atoms with E-state index < -0.39 is 6.10 Å². The minimum Gasteiger partial charge on any atom is -0.387 e. The van der Waals surface area contributed by atoms with Crippen molar-refractivity contribution in [2.75, 3.05) is 12.3 Å². The summed E-state index contributed by atoms with van der Waals surface area (Å²) in [4.78, 5) is 19.3. The molecule has 1 atom stereocenters. The number of carbonyl (C=O) groups excluding carboxylic acids is 1. The number of amides is 1. The lowest BCUT2D eigenvalue weighted by Crippen LogP contribution is -2.39. The first-order chi connectivity index (χ1) is 11.2. The Morgan fingerprint density at radius 2 is 2.17 bits per heavy atom. The molecular weight excluding hydrogens is 312 g/mol. The quantitative estimate of drug-likeness (QED) is 0.846. The Kier molecular flexibility index (Phi) is 4.97. The van der Waals surface area contributed by atoms with Crippen LogP contribution in [-0.4, -0.2) is 43.0 Å². The van der Waals surface area contributed by atoms with E-state index in [-0.39, 0.29) is 5.91 Å². The van der Waals surface area contributed by atoms with Crippen LogP contribution in [0.5, 0.6) is 0 Å². The third-order valence-corrected chi connectivity index (χ3v) is 4.91. The number of rotatable bonds is 5. The van der Waals surface area contributed by atoms with Crippen molar-refractivity contribution in [2.24, 2.45) is 0 Å². The number of aliphatic hydroxyl groups is 1. The third-order valence-electron chi connectivity index (χ3n) is 3.91. The molecule has 3 rings (SSSR count). The van der Waals surface area contributed by atoms with Gasteiger partial charge in [-0.3, -0.25) is 14.5 Å². The van der Waals surface area contributed by atoms with Crippen LogP contribution in [0.3, 0.4) is 0 Å². The van der Waals surface area contributed by atoms with Gasteiger partial charge in [-0.2, -0.15) is 5.10 Å². The monoisotopic (exact) mass is 332 g/mol. The summed E-state index contributed by atoms with van der Waals surface area (Å²) in [5.74, 6) is 0.541. The zero-order valence-corrected chi connectivity index (χ0v) is 13.9. The normalized spacial score (nSPS) is 15.3. The predicted molar refractivity (Wildman–Crippen MR) is 87.9 cm³/mol. The van der Waals surface area contributed by atoms with Crippen molar-refractivity contribution in [1.82, 2.24) is 19.7 Å². The molecule has 0 aromatic carbocycles. The van der Waals surface area contributed by atoms with Gasteiger partial charge in [0.15, 0.2) is 0 Å². The molecule has 2 aromatic rings. The maximum atomic E-state index is 12.4. The van der Waals surface area contributed by atoms with Crippen LogP contribution < -0.4 is 0 Å². The van der Waals surface area contributed by atoms with Gasteiger partial charge in [0.1, 0.15) is 0 Å². The maximum Gasteiger partial charge on any atom is 0.233 e. The molecule has 7 heteroatoms. The van der Waals surface area contributed by atoms with Crippen LogP contribution >= 0.6 is 11.8 Å². The topological polar surface area (TPSA) is 71.2 Å². The molecule has 0 saturated heterocycles. The molecule has 122 valence electrons. The molecule has 0 radical (unpaired) electrons. The molecule has 0 spiro atoms. The van der Waals surface area contributed by atoms with Gasteiger partial charge in [-0.15, -0.1) is 11.8 Å². The average molecular weight is 332 g/mol. The Morgan fingerprint density at radius 3 is 2.91 bits per heavy atom. The fourth-order valence-electron chi connectivity index (χ4n) is 2.54. The molecule has 2 aromatic heterocycles. The molecule has 0 saturated carbocycles. The first kappa shape index (κ1) is 16.0. The zero-order chi connectivity index (χ0) is 16.2. The van der Waals surface area contributed by atoms with Crippen molar-refractivity contribution in [3.8, 4) is 0 Å². The average Bonchev–Trinajstić information content (AvgIpc) is 3.03. The van der Waals surface area contributed by atoms with Crippen molar-refractivity contribution in [3.63, 3.8) is 0 Å². The van der Waals surface area contributed by atoms with E-state index in [2.05, 4.69) is 10.1 Å². The zero-order valence-electron chi connectivity index (χ0n) is 13.1. The number of thioether (sulfide) groups is 1. The molecule has 0 fully saturated rings. The molecule has 0 bridgehead atoms. The van der Waals surface area contributed by atoms with Gasteiger partial charge >= 0.3 is 0 Å². The summed E-state index contributed by atoms with van der Waals surface area (Å²) in [6.45, 7) is 3.82. The molecule has 3 heterocycles. The predicted octanol–water partition coefficient (Wildman–Crippen LogP) is 1.86. The van der Waals surface area contributed by atoms with E-state index in [1.165, 1.54) is 11.8 Å². The summed E-state index contributed by atoms with van der Waals surface area (Å²) in [5, 5.41) is 14.3. The van der Waals surface area contributed by atoms with Gasteiger partial charge in [0, 0.05) is 23.8 Å².